The molecule has 0 aromatic heterocycles. The molecule has 1 aliphatic rings. The zero-order valence-electron chi connectivity index (χ0n) is 12.8. The van der Waals surface area contributed by atoms with E-state index < -0.39 is 11.8 Å². The van der Waals surface area contributed by atoms with Gasteiger partial charge >= 0.3 is 0 Å². The third kappa shape index (κ3) is 3.47. The van der Waals surface area contributed by atoms with E-state index in [0.717, 1.165) is 8.47 Å². The molecule has 0 unspecified atom stereocenters. The summed E-state index contributed by atoms with van der Waals surface area (Å²) in [6, 6.07) is 11.9. The Bertz CT molecular complexity index is 897. The molecule has 0 fully saturated rings. The molecule has 0 saturated carbocycles. The van der Waals surface area contributed by atoms with Gasteiger partial charge in [-0.25, -0.2) is 4.90 Å². The van der Waals surface area contributed by atoms with Crippen molar-refractivity contribution in [1.29, 1.82) is 0 Å². The van der Waals surface area contributed by atoms with E-state index in [9.17, 15) is 9.59 Å². The number of anilines is 2. The number of nitrogens with zero attached hydrogens (tertiary/aromatic N) is 1. The monoisotopic (exact) mass is 488 g/mol. The standard InChI is InChI=1S/C17H11Cl2IN2O3/c1-25-13-7-4-10(8-12(13)18)21-15-14(19)16(23)22(17(15)24)11-5-2-9(20)3-6-11/h2-8,21H,1H3. The van der Waals surface area contributed by atoms with E-state index in [2.05, 4.69) is 27.9 Å². The van der Waals surface area contributed by atoms with Gasteiger partial charge in [0.1, 0.15) is 16.5 Å². The molecule has 8 heteroatoms. The van der Waals surface area contributed by atoms with Crippen molar-refractivity contribution in [2.75, 3.05) is 17.3 Å². The van der Waals surface area contributed by atoms with Gasteiger partial charge in [-0.05, 0) is 65.1 Å². The van der Waals surface area contributed by atoms with Gasteiger partial charge in [0.15, 0.2) is 0 Å². The molecule has 0 bridgehead atoms. The van der Waals surface area contributed by atoms with E-state index in [0.29, 0.717) is 22.1 Å². The number of carbonyl (C=O) groups is 2. The molecule has 5 nitrogen and oxygen atoms in total. The van der Waals surface area contributed by atoms with Crippen LogP contribution >= 0.6 is 45.8 Å². The Kier molecular flexibility index (Phi) is 5.21. The van der Waals surface area contributed by atoms with Crippen molar-refractivity contribution in [3.05, 3.63) is 61.8 Å². The Hall–Kier alpha value is -1.77. The molecule has 25 heavy (non-hydrogen) atoms. The maximum atomic E-state index is 12.7. The van der Waals surface area contributed by atoms with Gasteiger partial charge in [0.05, 0.1) is 17.8 Å². The minimum absolute atomic E-state index is 0.00597. The summed E-state index contributed by atoms with van der Waals surface area (Å²) in [5.74, 6) is -0.597. The van der Waals surface area contributed by atoms with Crippen LogP contribution in [0.1, 0.15) is 0 Å². The number of hydrogen-bond donors (Lipinski definition) is 1. The molecule has 0 saturated heterocycles. The van der Waals surface area contributed by atoms with Gasteiger partial charge in [-0.15, -0.1) is 0 Å². The maximum absolute atomic E-state index is 12.7. The quantitative estimate of drug-likeness (QED) is 0.512. The number of amides is 2. The Morgan fingerprint density at radius 1 is 1.04 bits per heavy atom. The summed E-state index contributed by atoms with van der Waals surface area (Å²) in [5, 5.41) is 3.07. The fraction of sp³-hybridized carbons (Fsp3) is 0.0588. The van der Waals surface area contributed by atoms with Gasteiger partial charge < -0.3 is 10.1 Å². The van der Waals surface area contributed by atoms with Gasteiger partial charge in [-0.2, -0.15) is 0 Å². The van der Waals surface area contributed by atoms with Crippen molar-refractivity contribution in [3.63, 3.8) is 0 Å². The number of carbonyl (C=O) groups excluding carboxylic acids is 2. The lowest BCUT2D eigenvalue weighted by Gasteiger charge is -2.15. The number of imide groups is 1. The molecule has 0 radical (unpaired) electrons. The predicted octanol–water partition coefficient (Wildman–Crippen LogP) is 4.39. The molecule has 1 aliphatic heterocycles. The summed E-state index contributed by atoms with van der Waals surface area (Å²) in [6.45, 7) is 0. The van der Waals surface area contributed by atoms with Crippen LogP contribution < -0.4 is 15.0 Å². The van der Waals surface area contributed by atoms with Crippen molar-refractivity contribution in [1.82, 2.24) is 0 Å². The van der Waals surface area contributed by atoms with E-state index in [1.54, 1.807) is 42.5 Å². The van der Waals surface area contributed by atoms with E-state index in [-0.39, 0.29) is 10.7 Å². The second kappa shape index (κ2) is 7.23. The van der Waals surface area contributed by atoms with Crippen molar-refractivity contribution >= 4 is 69.0 Å². The first-order valence-corrected chi connectivity index (χ1v) is 8.90. The number of ether oxygens (including phenoxy) is 1. The van der Waals surface area contributed by atoms with Crippen LogP contribution in [0.4, 0.5) is 11.4 Å². The maximum Gasteiger partial charge on any atom is 0.283 e. The molecule has 2 amide bonds. The minimum atomic E-state index is -0.574. The topological polar surface area (TPSA) is 58.6 Å². The van der Waals surface area contributed by atoms with Crippen molar-refractivity contribution in [3.8, 4) is 5.75 Å². The molecule has 2 aromatic rings. The van der Waals surface area contributed by atoms with E-state index >= 15 is 0 Å². The van der Waals surface area contributed by atoms with Crippen molar-refractivity contribution < 1.29 is 14.3 Å². The molecule has 0 spiro atoms. The molecule has 1 N–H and O–H groups in total. The van der Waals surface area contributed by atoms with Crippen molar-refractivity contribution in [2.24, 2.45) is 0 Å². The molecule has 3 rings (SSSR count). The van der Waals surface area contributed by atoms with Gasteiger partial charge in [-0.1, -0.05) is 23.2 Å². The van der Waals surface area contributed by atoms with Crippen molar-refractivity contribution in [2.45, 2.75) is 0 Å². The average molecular weight is 489 g/mol. The summed E-state index contributed by atoms with van der Waals surface area (Å²) in [6.07, 6.45) is 0. The van der Waals surface area contributed by atoms with Gasteiger partial charge in [0.2, 0.25) is 0 Å². The highest BCUT2D eigenvalue weighted by atomic mass is 127. The number of hydrogen-bond acceptors (Lipinski definition) is 4. The number of benzene rings is 2. The molecular formula is C17H11Cl2IN2O3. The minimum Gasteiger partial charge on any atom is -0.495 e. The lowest BCUT2D eigenvalue weighted by molar-refractivity contribution is -0.120. The third-order valence-corrected chi connectivity index (χ3v) is 4.90. The normalized spacial score (nSPS) is 14.3. The van der Waals surface area contributed by atoms with Crippen LogP contribution in [0.2, 0.25) is 5.02 Å². The lowest BCUT2D eigenvalue weighted by Crippen LogP contribution is -2.32. The van der Waals surface area contributed by atoms with Crippen LogP contribution in [-0.2, 0) is 9.59 Å². The van der Waals surface area contributed by atoms with Gasteiger partial charge in [0, 0.05) is 9.26 Å². The Morgan fingerprint density at radius 2 is 1.72 bits per heavy atom. The summed E-state index contributed by atoms with van der Waals surface area (Å²) >= 11 is 14.3. The predicted molar refractivity (Wildman–Crippen MR) is 106 cm³/mol. The highest BCUT2D eigenvalue weighted by molar-refractivity contribution is 14.1. The second-order valence-corrected chi connectivity index (χ2v) is 7.12. The SMILES string of the molecule is COc1ccc(NC2=C(Cl)C(=O)N(c3ccc(I)cc3)C2=O)cc1Cl. The Morgan fingerprint density at radius 3 is 2.32 bits per heavy atom. The smallest absolute Gasteiger partial charge is 0.283 e. The highest BCUT2D eigenvalue weighted by Gasteiger charge is 2.38. The van der Waals surface area contributed by atoms with E-state index in [1.807, 2.05) is 0 Å². The van der Waals surface area contributed by atoms with Crippen LogP contribution in [0, 0.1) is 3.57 Å². The van der Waals surface area contributed by atoms with Crippen LogP contribution in [0.3, 0.4) is 0 Å². The zero-order valence-corrected chi connectivity index (χ0v) is 16.5. The number of halogens is 3. The number of nitrogens with one attached hydrogen (secondary N) is 1. The van der Waals surface area contributed by atoms with Crippen LogP contribution in [-0.4, -0.2) is 18.9 Å². The molecule has 2 aromatic carbocycles. The largest absolute Gasteiger partial charge is 0.495 e. The summed E-state index contributed by atoms with van der Waals surface area (Å²) < 4.78 is 6.08. The van der Waals surface area contributed by atoms with Gasteiger partial charge in [-0.3, -0.25) is 9.59 Å². The second-order valence-electron chi connectivity index (χ2n) is 5.09. The first kappa shape index (κ1) is 18.0. The van der Waals surface area contributed by atoms with Crippen LogP contribution in [0.5, 0.6) is 5.75 Å². The fourth-order valence-corrected chi connectivity index (χ4v) is 3.15. The van der Waals surface area contributed by atoms with Gasteiger partial charge in [0.25, 0.3) is 11.8 Å². The van der Waals surface area contributed by atoms with Crippen LogP contribution in [0.25, 0.3) is 0 Å². The average Bonchev–Trinajstić information content (AvgIpc) is 2.80. The summed E-state index contributed by atoms with van der Waals surface area (Å²) in [7, 11) is 1.51. The molecule has 128 valence electrons. The third-order valence-electron chi connectivity index (χ3n) is 3.53. The lowest BCUT2D eigenvalue weighted by atomic mass is 10.2. The van der Waals surface area contributed by atoms with E-state index in [1.165, 1.54) is 7.11 Å². The number of methoxy groups -OCH3 is 1. The molecule has 1 heterocycles. The van der Waals surface area contributed by atoms with E-state index in [4.69, 9.17) is 27.9 Å². The van der Waals surface area contributed by atoms with Crippen LogP contribution in [0.15, 0.2) is 53.2 Å². The Balaban J connectivity index is 1.89. The molecule has 0 atom stereocenters. The number of rotatable bonds is 4. The first-order chi connectivity index (χ1) is 11.9. The highest BCUT2D eigenvalue weighted by Crippen LogP contribution is 2.32. The molecular weight excluding hydrogens is 478 g/mol. The summed E-state index contributed by atoms with van der Waals surface area (Å²) in [4.78, 5) is 26.1. The fourth-order valence-electron chi connectivity index (χ4n) is 2.32. The Labute approximate surface area is 167 Å². The summed E-state index contributed by atoms with van der Waals surface area (Å²) in [5.41, 5.74) is 0.981. The molecule has 0 aliphatic carbocycles. The first-order valence-electron chi connectivity index (χ1n) is 7.07. The zero-order chi connectivity index (χ0) is 18.1.